The number of rotatable bonds is 6. The molecule has 1 saturated heterocycles. The zero-order chi connectivity index (χ0) is 27.9. The number of pyridine rings is 1. The van der Waals surface area contributed by atoms with E-state index in [1.807, 2.05) is 33.8 Å². The van der Waals surface area contributed by atoms with Gasteiger partial charge in [-0.15, -0.1) is 10.2 Å². The van der Waals surface area contributed by atoms with E-state index in [-0.39, 0.29) is 42.3 Å². The van der Waals surface area contributed by atoms with Crippen molar-refractivity contribution in [1.82, 2.24) is 24.5 Å². The average Bonchev–Trinajstić information content (AvgIpc) is 3.31. The van der Waals surface area contributed by atoms with E-state index in [1.165, 1.54) is 4.80 Å². The molecule has 3 aliphatic rings. The van der Waals surface area contributed by atoms with Gasteiger partial charge in [0.1, 0.15) is 17.8 Å². The quantitative estimate of drug-likeness (QED) is 0.507. The molecule has 2 aliphatic heterocycles. The lowest BCUT2D eigenvalue weighted by molar-refractivity contribution is -0.143. The third-order valence-electron chi connectivity index (χ3n) is 7.50. The number of amides is 1. The lowest BCUT2D eigenvalue weighted by Gasteiger charge is -2.54. The molecule has 0 N–H and O–H groups in total. The first-order valence-electron chi connectivity index (χ1n) is 13.8. The van der Waals surface area contributed by atoms with Crippen LogP contribution < -0.4 is 10.3 Å². The van der Waals surface area contributed by atoms with E-state index in [0.717, 1.165) is 18.5 Å². The van der Waals surface area contributed by atoms with Gasteiger partial charge in [0.25, 0.3) is 0 Å². The lowest BCUT2D eigenvalue weighted by Crippen LogP contribution is -2.67. The Hall–Kier alpha value is -3.41. The molecular formula is C27H38N6O6. The van der Waals surface area contributed by atoms with Gasteiger partial charge in [0.05, 0.1) is 31.6 Å². The summed E-state index contributed by atoms with van der Waals surface area (Å²) >= 11 is 0. The Kier molecular flexibility index (Phi) is 7.41. The van der Waals surface area contributed by atoms with Crippen LogP contribution in [0.5, 0.6) is 0 Å². The molecule has 0 aromatic carbocycles. The van der Waals surface area contributed by atoms with Crippen LogP contribution >= 0.6 is 0 Å². The Morgan fingerprint density at radius 3 is 2.51 bits per heavy atom. The Bertz CT molecular complexity index is 1360. The van der Waals surface area contributed by atoms with Gasteiger partial charge in [-0.3, -0.25) is 9.59 Å². The predicted octanol–water partition coefficient (Wildman–Crippen LogP) is 2.57. The van der Waals surface area contributed by atoms with Crippen molar-refractivity contribution in [2.24, 2.45) is 0 Å². The largest absolute Gasteiger partial charge is 0.465 e. The van der Waals surface area contributed by atoms with Crippen molar-refractivity contribution in [1.29, 1.82) is 0 Å². The maximum absolute atomic E-state index is 14.1. The Labute approximate surface area is 227 Å². The molecule has 212 valence electrons. The molecule has 2 atom stereocenters. The summed E-state index contributed by atoms with van der Waals surface area (Å²) in [5.41, 5.74) is 1.87. The molecule has 1 saturated carbocycles. The first-order valence-corrected chi connectivity index (χ1v) is 13.8. The third-order valence-corrected chi connectivity index (χ3v) is 7.50. The van der Waals surface area contributed by atoms with Gasteiger partial charge in [-0.1, -0.05) is 6.92 Å². The van der Waals surface area contributed by atoms with Gasteiger partial charge in [-0.25, -0.2) is 4.79 Å². The zero-order valence-electron chi connectivity index (χ0n) is 23.4. The van der Waals surface area contributed by atoms with Crippen molar-refractivity contribution in [3.05, 3.63) is 22.0 Å². The summed E-state index contributed by atoms with van der Waals surface area (Å²) in [4.78, 5) is 45.1. The van der Waals surface area contributed by atoms with Crippen molar-refractivity contribution in [3.63, 3.8) is 0 Å². The van der Waals surface area contributed by atoms with Crippen molar-refractivity contribution in [2.75, 3.05) is 37.8 Å². The number of ether oxygens (including phenoxy) is 3. The van der Waals surface area contributed by atoms with Gasteiger partial charge in [0.2, 0.25) is 5.43 Å². The summed E-state index contributed by atoms with van der Waals surface area (Å²) in [5.74, 6) is -0.404. The molecule has 2 aromatic heterocycles. The molecule has 2 aromatic rings. The fourth-order valence-electron chi connectivity index (χ4n) is 5.68. The number of fused-ring (bicyclic) bond motifs is 2. The lowest BCUT2D eigenvalue weighted by atomic mass is 9.81. The SMILES string of the molecule is CCOC(=O)Cn1c(CC)c(N2CCN(C(=O)OC(C)(C)C)[C@H]3CC[C@@H]32)c(=O)c2nn(C3=CCOCC3)nc21. The van der Waals surface area contributed by atoms with Gasteiger partial charge in [0.15, 0.2) is 11.2 Å². The summed E-state index contributed by atoms with van der Waals surface area (Å²) in [5, 5.41) is 9.28. The van der Waals surface area contributed by atoms with Gasteiger partial charge in [-0.05, 0) is 53.0 Å². The van der Waals surface area contributed by atoms with E-state index in [9.17, 15) is 14.4 Å². The number of hydrogen-bond donors (Lipinski definition) is 0. The molecule has 0 radical (unpaired) electrons. The molecule has 12 nitrogen and oxygen atoms in total. The van der Waals surface area contributed by atoms with E-state index >= 15 is 0 Å². The second-order valence-corrected chi connectivity index (χ2v) is 11.1. The van der Waals surface area contributed by atoms with E-state index in [1.54, 1.807) is 16.4 Å². The van der Waals surface area contributed by atoms with Crippen LogP contribution in [0.2, 0.25) is 0 Å². The standard InChI is InChI=1S/C27H38N6O6/c1-6-18-23(30-12-13-31(20-9-8-19(20)30)26(36)39-27(3,4)5)24(35)22-25(32(18)16-21(34)38-7-2)29-33(28-22)17-10-14-37-15-11-17/h10,19-20H,6-9,11-16H2,1-5H3/t19-,20-/m0/s1. The molecule has 0 bridgehead atoms. The molecule has 1 amide bonds. The fourth-order valence-corrected chi connectivity index (χ4v) is 5.68. The first kappa shape index (κ1) is 27.2. The van der Waals surface area contributed by atoms with Crippen LogP contribution in [0.3, 0.4) is 0 Å². The minimum absolute atomic E-state index is 0.0222. The van der Waals surface area contributed by atoms with Crippen LogP contribution in [0.15, 0.2) is 10.9 Å². The molecule has 39 heavy (non-hydrogen) atoms. The smallest absolute Gasteiger partial charge is 0.410 e. The molecule has 2 fully saturated rings. The highest BCUT2D eigenvalue weighted by Gasteiger charge is 2.47. The van der Waals surface area contributed by atoms with Crippen molar-refractivity contribution >= 4 is 34.6 Å². The van der Waals surface area contributed by atoms with Crippen molar-refractivity contribution in [2.45, 2.75) is 84.5 Å². The minimum Gasteiger partial charge on any atom is -0.465 e. The number of nitrogens with zero attached hydrogens (tertiary/aromatic N) is 6. The minimum atomic E-state index is -0.583. The first-order chi connectivity index (χ1) is 18.6. The molecule has 0 spiro atoms. The summed E-state index contributed by atoms with van der Waals surface area (Å²) in [7, 11) is 0. The maximum Gasteiger partial charge on any atom is 0.410 e. The number of aromatic nitrogens is 4. The topological polar surface area (TPSA) is 121 Å². The Morgan fingerprint density at radius 1 is 1.13 bits per heavy atom. The van der Waals surface area contributed by atoms with Crippen LogP contribution in [-0.2, 0) is 32.0 Å². The van der Waals surface area contributed by atoms with E-state index in [0.29, 0.717) is 56.2 Å². The highest BCUT2D eigenvalue weighted by atomic mass is 16.6. The molecular weight excluding hydrogens is 504 g/mol. The van der Waals surface area contributed by atoms with Crippen LogP contribution in [0.25, 0.3) is 16.9 Å². The maximum atomic E-state index is 14.1. The highest BCUT2D eigenvalue weighted by Crippen LogP contribution is 2.38. The van der Waals surface area contributed by atoms with E-state index in [4.69, 9.17) is 14.2 Å². The monoisotopic (exact) mass is 542 g/mol. The number of piperazine rings is 1. The van der Waals surface area contributed by atoms with Crippen LogP contribution in [0, 0.1) is 0 Å². The predicted molar refractivity (Wildman–Crippen MR) is 145 cm³/mol. The number of esters is 1. The Balaban J connectivity index is 1.58. The molecule has 5 rings (SSSR count). The number of carbonyl (C=O) groups excluding carboxylic acids is 2. The van der Waals surface area contributed by atoms with E-state index < -0.39 is 11.6 Å². The second kappa shape index (κ2) is 10.6. The average molecular weight is 543 g/mol. The Morgan fingerprint density at radius 2 is 1.90 bits per heavy atom. The summed E-state index contributed by atoms with van der Waals surface area (Å²) in [6, 6.07) is -0.0685. The van der Waals surface area contributed by atoms with Crippen molar-refractivity contribution in [3.8, 4) is 0 Å². The summed E-state index contributed by atoms with van der Waals surface area (Å²) in [6.45, 7) is 11.4. The van der Waals surface area contributed by atoms with E-state index in [2.05, 4.69) is 15.1 Å². The molecule has 0 unspecified atom stereocenters. The van der Waals surface area contributed by atoms with Gasteiger partial charge in [0, 0.05) is 31.2 Å². The van der Waals surface area contributed by atoms with Crippen LogP contribution in [0.1, 0.15) is 59.6 Å². The third kappa shape index (κ3) is 5.13. The number of hydrogen-bond acceptors (Lipinski definition) is 9. The second-order valence-electron chi connectivity index (χ2n) is 11.1. The summed E-state index contributed by atoms with van der Waals surface area (Å²) < 4.78 is 18.1. The number of carbonyl (C=O) groups is 2. The van der Waals surface area contributed by atoms with Crippen molar-refractivity contribution < 1.29 is 23.8 Å². The van der Waals surface area contributed by atoms with Gasteiger partial charge >= 0.3 is 12.1 Å². The van der Waals surface area contributed by atoms with Gasteiger partial charge < -0.3 is 28.6 Å². The van der Waals surface area contributed by atoms with Gasteiger partial charge in [-0.2, -0.15) is 4.80 Å². The molecule has 4 heterocycles. The number of anilines is 1. The molecule has 12 heteroatoms. The fraction of sp³-hybridized carbons (Fsp3) is 0.667. The highest BCUT2D eigenvalue weighted by molar-refractivity contribution is 5.80. The molecule has 1 aliphatic carbocycles. The van der Waals surface area contributed by atoms with Crippen LogP contribution in [0.4, 0.5) is 10.5 Å². The van der Waals surface area contributed by atoms with Crippen LogP contribution in [-0.4, -0.2) is 87.1 Å². The normalized spacial score (nSPS) is 21.3. The summed E-state index contributed by atoms with van der Waals surface area (Å²) in [6.07, 6.45) is 4.40. The zero-order valence-corrected chi connectivity index (χ0v) is 23.4.